The van der Waals surface area contributed by atoms with Crippen molar-refractivity contribution in [3.8, 4) is 0 Å². The lowest BCUT2D eigenvalue weighted by Gasteiger charge is -2.09. The van der Waals surface area contributed by atoms with Crippen LogP contribution >= 0.6 is 15.9 Å². The van der Waals surface area contributed by atoms with Crippen molar-refractivity contribution in [2.75, 3.05) is 18.5 Å². The third kappa shape index (κ3) is 3.97. The molecule has 0 aliphatic heterocycles. The molecular formula is C10H14BrN5O2. The lowest BCUT2D eigenvalue weighted by Crippen LogP contribution is -2.37. The quantitative estimate of drug-likeness (QED) is 0.451. The summed E-state index contributed by atoms with van der Waals surface area (Å²) in [6, 6.07) is 1.56. The summed E-state index contributed by atoms with van der Waals surface area (Å²) in [6.07, 6.45) is 1.51. The first-order valence-electron chi connectivity index (χ1n) is 5.25. The second kappa shape index (κ2) is 6.92. The van der Waals surface area contributed by atoms with E-state index in [2.05, 4.69) is 37.0 Å². The maximum atomic E-state index is 11.8. The molecule has 0 saturated heterocycles. The molecule has 0 aliphatic rings. The fourth-order valence-electron chi connectivity index (χ4n) is 1.24. The van der Waals surface area contributed by atoms with Gasteiger partial charge in [0.05, 0.1) is 12.1 Å². The predicted molar refractivity (Wildman–Crippen MR) is 70.8 cm³/mol. The van der Waals surface area contributed by atoms with Crippen LogP contribution in [-0.2, 0) is 4.79 Å². The number of carbonyl (C=O) groups is 2. The van der Waals surface area contributed by atoms with Gasteiger partial charge in [-0.1, -0.05) is 0 Å². The molecule has 0 bridgehead atoms. The molecule has 0 atom stereocenters. The van der Waals surface area contributed by atoms with Gasteiger partial charge in [0, 0.05) is 17.2 Å². The molecule has 18 heavy (non-hydrogen) atoms. The number of carbonyl (C=O) groups excluding carboxylic acids is 2. The predicted octanol–water partition coefficient (Wildman–Crippen LogP) is -0.00440. The van der Waals surface area contributed by atoms with Crippen LogP contribution in [0.1, 0.15) is 17.3 Å². The van der Waals surface area contributed by atoms with E-state index in [9.17, 15) is 9.59 Å². The van der Waals surface area contributed by atoms with E-state index in [1.165, 1.54) is 6.20 Å². The minimum absolute atomic E-state index is 0.0940. The Bertz CT molecular complexity index is 452. The van der Waals surface area contributed by atoms with Gasteiger partial charge in [-0.3, -0.25) is 9.59 Å². The minimum atomic E-state index is -0.428. The zero-order valence-corrected chi connectivity index (χ0v) is 11.4. The molecule has 0 saturated carbocycles. The summed E-state index contributed by atoms with van der Waals surface area (Å²) in [5, 5.41) is 5.05. The summed E-state index contributed by atoms with van der Waals surface area (Å²) in [7, 11) is 0. The smallest absolute Gasteiger partial charge is 0.255 e. The normalized spacial score (nSPS) is 9.72. The maximum absolute atomic E-state index is 11.8. The van der Waals surface area contributed by atoms with Gasteiger partial charge in [0.2, 0.25) is 5.91 Å². The SMILES string of the molecule is CCNC(=O)CNC(=O)c1cc(Br)cnc1NN. The first-order valence-corrected chi connectivity index (χ1v) is 6.04. The number of nitrogen functional groups attached to an aromatic ring is 1. The van der Waals surface area contributed by atoms with Crippen molar-refractivity contribution in [3.63, 3.8) is 0 Å². The van der Waals surface area contributed by atoms with Crippen LogP contribution in [0.4, 0.5) is 5.82 Å². The van der Waals surface area contributed by atoms with Crippen LogP contribution in [0.15, 0.2) is 16.7 Å². The van der Waals surface area contributed by atoms with E-state index < -0.39 is 5.91 Å². The van der Waals surface area contributed by atoms with E-state index in [4.69, 9.17) is 5.84 Å². The number of nitrogens with two attached hydrogens (primary N) is 1. The molecule has 1 aromatic rings. The van der Waals surface area contributed by atoms with Crippen LogP contribution in [0.25, 0.3) is 0 Å². The Kier molecular flexibility index (Phi) is 5.53. The molecule has 0 spiro atoms. The van der Waals surface area contributed by atoms with Crippen molar-refractivity contribution >= 4 is 33.6 Å². The van der Waals surface area contributed by atoms with E-state index >= 15 is 0 Å². The standard InChI is InChI=1S/C10H14BrN5O2/c1-2-13-8(17)5-15-10(18)7-3-6(11)4-14-9(7)16-12/h3-4H,2,5,12H2,1H3,(H,13,17)(H,14,16)(H,15,18). The molecule has 0 aliphatic carbocycles. The maximum Gasteiger partial charge on any atom is 0.255 e. The molecule has 2 amide bonds. The summed E-state index contributed by atoms with van der Waals surface area (Å²) in [6.45, 7) is 2.22. The number of amides is 2. The highest BCUT2D eigenvalue weighted by molar-refractivity contribution is 9.10. The molecule has 5 N–H and O–H groups in total. The number of hydrazine groups is 1. The van der Waals surface area contributed by atoms with Gasteiger partial charge in [-0.15, -0.1) is 0 Å². The first-order chi connectivity index (χ1) is 8.58. The number of pyridine rings is 1. The highest BCUT2D eigenvalue weighted by Crippen LogP contribution is 2.16. The van der Waals surface area contributed by atoms with E-state index in [0.717, 1.165) is 0 Å². The highest BCUT2D eigenvalue weighted by atomic mass is 79.9. The van der Waals surface area contributed by atoms with Crippen molar-refractivity contribution in [1.82, 2.24) is 15.6 Å². The van der Waals surface area contributed by atoms with Gasteiger partial charge < -0.3 is 16.1 Å². The van der Waals surface area contributed by atoms with Gasteiger partial charge in [-0.25, -0.2) is 10.8 Å². The number of nitrogens with zero attached hydrogens (tertiary/aromatic N) is 1. The van der Waals surface area contributed by atoms with Crippen molar-refractivity contribution in [2.45, 2.75) is 6.92 Å². The van der Waals surface area contributed by atoms with Crippen LogP contribution in [-0.4, -0.2) is 29.9 Å². The number of hydrogen-bond acceptors (Lipinski definition) is 5. The number of halogens is 1. The van der Waals surface area contributed by atoms with Gasteiger partial charge in [-0.2, -0.15) is 0 Å². The molecule has 1 rings (SSSR count). The monoisotopic (exact) mass is 315 g/mol. The number of rotatable bonds is 5. The van der Waals surface area contributed by atoms with E-state index in [1.807, 2.05) is 0 Å². The molecule has 98 valence electrons. The fraction of sp³-hybridized carbons (Fsp3) is 0.300. The molecular weight excluding hydrogens is 302 g/mol. The van der Waals surface area contributed by atoms with Crippen LogP contribution in [0.5, 0.6) is 0 Å². The third-order valence-electron chi connectivity index (χ3n) is 2.02. The van der Waals surface area contributed by atoms with Gasteiger partial charge in [-0.05, 0) is 28.9 Å². The Morgan fingerprint density at radius 3 is 2.78 bits per heavy atom. The molecule has 0 fully saturated rings. The zero-order valence-electron chi connectivity index (χ0n) is 9.79. The Balaban J connectivity index is 2.71. The Morgan fingerprint density at radius 1 is 1.44 bits per heavy atom. The average Bonchev–Trinajstić information content (AvgIpc) is 2.36. The van der Waals surface area contributed by atoms with Gasteiger partial charge in [0.25, 0.3) is 5.91 Å². The summed E-state index contributed by atoms with van der Waals surface area (Å²) in [5.74, 6) is 4.82. The van der Waals surface area contributed by atoms with Crippen LogP contribution in [0, 0.1) is 0 Å². The third-order valence-corrected chi connectivity index (χ3v) is 2.45. The number of likely N-dealkylation sites (N-methyl/N-ethyl adjacent to an activating group) is 1. The van der Waals surface area contributed by atoms with E-state index in [0.29, 0.717) is 11.0 Å². The van der Waals surface area contributed by atoms with E-state index in [1.54, 1.807) is 13.0 Å². The first kappa shape index (κ1) is 14.4. The largest absolute Gasteiger partial charge is 0.355 e. The van der Waals surface area contributed by atoms with Crippen LogP contribution in [0.3, 0.4) is 0 Å². The Hall–Kier alpha value is -1.67. The van der Waals surface area contributed by atoms with Gasteiger partial charge >= 0.3 is 0 Å². The molecule has 7 nitrogen and oxygen atoms in total. The summed E-state index contributed by atoms with van der Waals surface area (Å²) >= 11 is 3.21. The molecule has 1 aromatic heterocycles. The molecule has 0 aromatic carbocycles. The van der Waals surface area contributed by atoms with Gasteiger partial charge in [0.15, 0.2) is 5.82 Å². The molecule has 0 radical (unpaired) electrons. The van der Waals surface area contributed by atoms with Crippen LogP contribution in [0.2, 0.25) is 0 Å². The number of anilines is 1. The summed E-state index contributed by atoms with van der Waals surface area (Å²) in [5.41, 5.74) is 2.58. The number of aromatic nitrogens is 1. The average molecular weight is 316 g/mol. The van der Waals surface area contributed by atoms with Crippen molar-refractivity contribution < 1.29 is 9.59 Å². The Labute approximate surface area is 113 Å². The van der Waals surface area contributed by atoms with Crippen molar-refractivity contribution in [3.05, 3.63) is 22.3 Å². The summed E-state index contributed by atoms with van der Waals surface area (Å²) < 4.78 is 0.643. The Morgan fingerprint density at radius 2 is 2.17 bits per heavy atom. The minimum Gasteiger partial charge on any atom is -0.355 e. The second-order valence-corrected chi connectivity index (χ2v) is 4.25. The van der Waals surface area contributed by atoms with E-state index in [-0.39, 0.29) is 23.8 Å². The lowest BCUT2D eigenvalue weighted by atomic mass is 10.2. The van der Waals surface area contributed by atoms with Crippen molar-refractivity contribution in [2.24, 2.45) is 5.84 Å². The van der Waals surface area contributed by atoms with Gasteiger partial charge in [0.1, 0.15) is 0 Å². The number of hydrogen-bond donors (Lipinski definition) is 4. The molecule has 8 heteroatoms. The summed E-state index contributed by atoms with van der Waals surface area (Å²) in [4.78, 5) is 27.0. The van der Waals surface area contributed by atoms with Crippen LogP contribution < -0.4 is 21.9 Å². The lowest BCUT2D eigenvalue weighted by molar-refractivity contribution is -0.120. The zero-order chi connectivity index (χ0) is 13.5. The second-order valence-electron chi connectivity index (χ2n) is 3.33. The number of nitrogens with one attached hydrogen (secondary N) is 3. The highest BCUT2D eigenvalue weighted by Gasteiger charge is 2.13. The molecule has 0 unspecified atom stereocenters. The topological polar surface area (TPSA) is 109 Å². The van der Waals surface area contributed by atoms with Crippen molar-refractivity contribution in [1.29, 1.82) is 0 Å². The molecule has 1 heterocycles. The fourth-order valence-corrected chi connectivity index (χ4v) is 1.57.